The number of rotatable bonds is 3. The van der Waals surface area contributed by atoms with E-state index in [0.29, 0.717) is 39.5 Å². The van der Waals surface area contributed by atoms with Crippen LogP contribution in [-0.4, -0.2) is 24.0 Å². The molecule has 4 rings (SSSR count). The van der Waals surface area contributed by atoms with E-state index in [1.165, 1.54) is 17.4 Å². The van der Waals surface area contributed by atoms with Crippen LogP contribution in [-0.2, 0) is 0 Å². The molecule has 0 saturated carbocycles. The van der Waals surface area contributed by atoms with Crippen molar-refractivity contribution in [1.29, 1.82) is 0 Å². The minimum atomic E-state index is -0.223. The second kappa shape index (κ2) is 7.25. The van der Waals surface area contributed by atoms with Crippen LogP contribution in [0.15, 0.2) is 47.3 Å². The summed E-state index contributed by atoms with van der Waals surface area (Å²) in [4.78, 5) is 27.5. The summed E-state index contributed by atoms with van der Waals surface area (Å²) in [7, 11) is 0. The van der Waals surface area contributed by atoms with Crippen molar-refractivity contribution < 1.29 is 14.3 Å². The lowest BCUT2D eigenvalue weighted by atomic mass is 10.1. The van der Waals surface area contributed by atoms with Crippen molar-refractivity contribution in [3.05, 3.63) is 78.7 Å². The van der Waals surface area contributed by atoms with Gasteiger partial charge in [0.1, 0.15) is 13.2 Å². The van der Waals surface area contributed by atoms with Gasteiger partial charge in [-0.25, -0.2) is 0 Å². The third-order valence-electron chi connectivity index (χ3n) is 4.22. The lowest BCUT2D eigenvalue weighted by molar-refractivity contribution is 0.106. The number of benzene rings is 2. The van der Waals surface area contributed by atoms with Crippen LogP contribution >= 0.6 is 11.3 Å². The Labute approximate surface area is 159 Å². The van der Waals surface area contributed by atoms with Gasteiger partial charge in [-0.2, -0.15) is 0 Å². The molecule has 2 heterocycles. The van der Waals surface area contributed by atoms with Crippen molar-refractivity contribution in [1.82, 2.24) is 4.98 Å². The topological polar surface area (TPSA) is 68.4 Å². The zero-order chi connectivity index (χ0) is 18.8. The maximum Gasteiger partial charge on any atom is 0.266 e. The first-order chi connectivity index (χ1) is 13.1. The predicted octanol–water partition coefficient (Wildman–Crippen LogP) is 2.01. The van der Waals surface area contributed by atoms with E-state index in [1.807, 2.05) is 43.3 Å². The summed E-state index contributed by atoms with van der Waals surface area (Å²) < 4.78 is 12.1. The van der Waals surface area contributed by atoms with Crippen LogP contribution in [0, 0.1) is 6.92 Å². The fourth-order valence-corrected chi connectivity index (χ4v) is 3.76. The minimum Gasteiger partial charge on any atom is -0.486 e. The molecule has 2 aromatic carbocycles. The number of Topliss-reactive ketones (excluding diaryl/α,β-unsaturated/α-hetero) is 1. The molecule has 0 atom stereocenters. The van der Waals surface area contributed by atoms with Gasteiger partial charge in [0, 0.05) is 11.6 Å². The smallest absolute Gasteiger partial charge is 0.266 e. The summed E-state index contributed by atoms with van der Waals surface area (Å²) in [5.74, 6) is 1.25. The number of ketones is 1. The molecule has 0 radical (unpaired) electrons. The van der Waals surface area contributed by atoms with Crippen LogP contribution in [0.3, 0.4) is 0 Å². The average Bonchev–Trinajstić information content (AvgIpc) is 3.00. The second-order valence-electron chi connectivity index (χ2n) is 6.16. The average molecular weight is 379 g/mol. The first kappa shape index (κ1) is 17.3. The van der Waals surface area contributed by atoms with Crippen molar-refractivity contribution in [2.45, 2.75) is 6.92 Å². The van der Waals surface area contributed by atoms with Crippen LogP contribution in [0.2, 0.25) is 0 Å². The van der Waals surface area contributed by atoms with Gasteiger partial charge in [0.15, 0.2) is 17.3 Å². The van der Waals surface area contributed by atoms with Gasteiger partial charge in [-0.05, 0) is 36.3 Å². The number of H-pyrrole nitrogens is 1. The number of aromatic nitrogens is 1. The molecule has 0 bridgehead atoms. The zero-order valence-electron chi connectivity index (χ0n) is 14.7. The van der Waals surface area contributed by atoms with Gasteiger partial charge in [-0.1, -0.05) is 30.3 Å². The number of ether oxygens (including phenoxy) is 2. The third kappa shape index (κ3) is 3.71. The molecule has 27 heavy (non-hydrogen) atoms. The Morgan fingerprint density at radius 3 is 2.70 bits per heavy atom. The second-order valence-corrected chi connectivity index (χ2v) is 7.24. The molecule has 0 fully saturated rings. The molecule has 1 aromatic heterocycles. The molecule has 5 nitrogen and oxygen atoms in total. The number of fused-ring (bicyclic) bond motifs is 1. The molecular weight excluding hydrogens is 362 g/mol. The van der Waals surface area contributed by atoms with Crippen LogP contribution in [0.4, 0.5) is 0 Å². The lowest BCUT2D eigenvalue weighted by Gasteiger charge is -2.18. The fraction of sp³-hybridized carbons (Fsp3) is 0.143. The number of carbonyl (C=O) groups is 1. The molecule has 0 saturated heterocycles. The maximum atomic E-state index is 12.5. The Kier molecular flexibility index (Phi) is 4.64. The van der Waals surface area contributed by atoms with Crippen molar-refractivity contribution in [3.8, 4) is 11.5 Å². The highest BCUT2D eigenvalue weighted by atomic mass is 32.1. The van der Waals surface area contributed by atoms with Gasteiger partial charge in [-0.3, -0.25) is 9.59 Å². The summed E-state index contributed by atoms with van der Waals surface area (Å²) in [6.07, 6.45) is 3.24. The lowest BCUT2D eigenvalue weighted by Crippen LogP contribution is -2.20. The Balaban J connectivity index is 1.69. The number of thiazole rings is 1. The molecule has 0 spiro atoms. The molecule has 6 heteroatoms. The normalized spacial score (nSPS) is 14.4. The van der Waals surface area contributed by atoms with Crippen molar-refractivity contribution in [3.63, 3.8) is 0 Å². The summed E-state index contributed by atoms with van der Waals surface area (Å²) in [6, 6.07) is 12.9. The molecule has 0 aliphatic carbocycles. The van der Waals surface area contributed by atoms with Gasteiger partial charge in [0.05, 0.1) is 9.20 Å². The van der Waals surface area contributed by atoms with Gasteiger partial charge in [0.25, 0.3) is 5.56 Å². The molecule has 1 aliphatic heterocycles. The summed E-state index contributed by atoms with van der Waals surface area (Å²) in [5, 5.41) is 0. The van der Waals surface area contributed by atoms with Crippen molar-refractivity contribution >= 4 is 29.3 Å². The van der Waals surface area contributed by atoms with E-state index in [1.54, 1.807) is 12.1 Å². The van der Waals surface area contributed by atoms with E-state index < -0.39 is 0 Å². The van der Waals surface area contributed by atoms with Crippen molar-refractivity contribution in [2.24, 2.45) is 0 Å². The fourth-order valence-electron chi connectivity index (χ4n) is 2.87. The number of aryl methyl sites for hydroxylation is 1. The Bertz CT molecular complexity index is 1190. The molecule has 3 aromatic rings. The number of hydrogen-bond acceptors (Lipinski definition) is 5. The van der Waals surface area contributed by atoms with Gasteiger partial charge >= 0.3 is 0 Å². The van der Waals surface area contributed by atoms with Gasteiger partial charge in [0.2, 0.25) is 0 Å². The van der Waals surface area contributed by atoms with E-state index in [4.69, 9.17) is 9.47 Å². The molecular formula is C21H17NO4S. The van der Waals surface area contributed by atoms with Gasteiger partial charge < -0.3 is 14.5 Å². The Morgan fingerprint density at radius 1 is 1.11 bits per heavy atom. The summed E-state index contributed by atoms with van der Waals surface area (Å²) >= 11 is 1.25. The van der Waals surface area contributed by atoms with E-state index >= 15 is 0 Å². The standard InChI is InChI=1S/C21H17NO4S/c1-13-4-2-3-5-15(13)16(23)12-20-22-21(24)19(27-20)11-14-6-7-17-18(10-14)26-9-8-25-17/h2-7,10-12H,8-9H2,1H3,(H,22,24)/b19-11-,20-12-. The molecule has 136 valence electrons. The van der Waals surface area contributed by atoms with Gasteiger partial charge in [-0.15, -0.1) is 11.3 Å². The van der Waals surface area contributed by atoms with E-state index in [2.05, 4.69) is 4.98 Å². The number of nitrogens with one attached hydrogen (secondary N) is 1. The highest BCUT2D eigenvalue weighted by Crippen LogP contribution is 2.30. The van der Waals surface area contributed by atoms with E-state index in [0.717, 1.165) is 11.1 Å². The minimum absolute atomic E-state index is 0.128. The predicted molar refractivity (Wildman–Crippen MR) is 105 cm³/mol. The first-order valence-corrected chi connectivity index (χ1v) is 9.34. The quantitative estimate of drug-likeness (QED) is 0.707. The highest BCUT2D eigenvalue weighted by Gasteiger charge is 2.11. The van der Waals surface area contributed by atoms with Crippen LogP contribution in [0.5, 0.6) is 11.5 Å². The number of aromatic amines is 1. The first-order valence-electron chi connectivity index (χ1n) is 8.52. The molecule has 0 amide bonds. The monoisotopic (exact) mass is 379 g/mol. The van der Waals surface area contributed by atoms with Crippen LogP contribution in [0.1, 0.15) is 21.5 Å². The third-order valence-corrected chi connectivity index (χ3v) is 5.18. The molecule has 1 N–H and O–H groups in total. The summed E-state index contributed by atoms with van der Waals surface area (Å²) in [5.41, 5.74) is 2.15. The van der Waals surface area contributed by atoms with Crippen molar-refractivity contribution in [2.75, 3.05) is 13.2 Å². The SMILES string of the molecule is Cc1ccccc1C(=O)/C=c1/[nH]c(=O)/c(=C/c2ccc3c(c2)OCCO3)s1. The molecule has 1 aliphatic rings. The van der Waals surface area contributed by atoms with E-state index in [9.17, 15) is 9.59 Å². The maximum absolute atomic E-state index is 12.5. The summed E-state index contributed by atoms with van der Waals surface area (Å²) in [6.45, 7) is 2.93. The zero-order valence-corrected chi connectivity index (χ0v) is 15.5. The number of carbonyl (C=O) groups excluding carboxylic acids is 1. The Morgan fingerprint density at radius 2 is 1.89 bits per heavy atom. The highest BCUT2D eigenvalue weighted by molar-refractivity contribution is 7.07. The van der Waals surface area contributed by atoms with E-state index in [-0.39, 0.29) is 11.3 Å². The largest absolute Gasteiger partial charge is 0.486 e. The number of hydrogen-bond donors (Lipinski definition) is 1. The van der Waals surface area contributed by atoms with Crippen LogP contribution < -0.4 is 24.2 Å². The Hall–Kier alpha value is -3.12. The molecule has 0 unspecified atom stereocenters. The van der Waals surface area contributed by atoms with Crippen LogP contribution in [0.25, 0.3) is 12.2 Å².